The van der Waals surface area contributed by atoms with Gasteiger partial charge < -0.3 is 14.5 Å². The number of aryl methyl sites for hydroxylation is 2. The highest BCUT2D eigenvalue weighted by atomic mass is 32.2. The molecule has 6 nitrogen and oxygen atoms in total. The van der Waals surface area contributed by atoms with E-state index in [-0.39, 0.29) is 12.5 Å². The molecule has 0 radical (unpaired) electrons. The van der Waals surface area contributed by atoms with Crippen LogP contribution in [0.3, 0.4) is 0 Å². The largest absolute Gasteiger partial charge is 0.484 e. The van der Waals surface area contributed by atoms with Gasteiger partial charge in [-0.25, -0.2) is 0 Å². The Balaban J connectivity index is 1.57. The maximum atomic E-state index is 12.6. The predicted molar refractivity (Wildman–Crippen MR) is 119 cm³/mol. The van der Waals surface area contributed by atoms with Gasteiger partial charge in [0.15, 0.2) is 6.61 Å². The molecule has 158 valence electrons. The minimum atomic E-state index is -0.390. The van der Waals surface area contributed by atoms with Crippen LogP contribution in [0.15, 0.2) is 52.1 Å². The highest BCUT2D eigenvalue weighted by Gasteiger charge is 2.20. The zero-order valence-electron chi connectivity index (χ0n) is 17.9. The van der Waals surface area contributed by atoms with E-state index in [1.807, 2.05) is 63.2 Å². The number of rotatable bonds is 8. The lowest BCUT2D eigenvalue weighted by atomic mass is 10.0. The van der Waals surface area contributed by atoms with Crippen molar-refractivity contribution in [2.24, 2.45) is 0 Å². The fraction of sp³-hybridized carbons (Fsp3) is 0.348. The highest BCUT2D eigenvalue weighted by Crippen LogP contribution is 2.27. The molecule has 2 aromatic carbocycles. The van der Waals surface area contributed by atoms with Crippen LogP contribution >= 0.6 is 11.8 Å². The zero-order chi connectivity index (χ0) is 21.7. The molecule has 0 saturated heterocycles. The average molecular weight is 426 g/mol. The Morgan fingerprint density at radius 2 is 1.90 bits per heavy atom. The second-order valence-corrected chi connectivity index (χ2v) is 8.80. The first kappa shape index (κ1) is 21.9. The van der Waals surface area contributed by atoms with Crippen molar-refractivity contribution in [2.45, 2.75) is 57.6 Å². The maximum absolute atomic E-state index is 12.6. The molecule has 1 atom stereocenters. The Morgan fingerprint density at radius 3 is 2.67 bits per heavy atom. The van der Waals surface area contributed by atoms with Gasteiger partial charge in [-0.3, -0.25) is 4.79 Å². The molecule has 30 heavy (non-hydrogen) atoms. The van der Waals surface area contributed by atoms with Crippen molar-refractivity contribution >= 4 is 23.4 Å². The lowest BCUT2D eigenvalue weighted by molar-refractivity contribution is -0.115. The first-order valence-corrected chi connectivity index (χ1v) is 10.8. The van der Waals surface area contributed by atoms with Gasteiger partial charge in [-0.1, -0.05) is 55.9 Å². The van der Waals surface area contributed by atoms with Crippen molar-refractivity contribution in [2.75, 3.05) is 5.32 Å². The van der Waals surface area contributed by atoms with Gasteiger partial charge in [0, 0.05) is 5.69 Å². The topological polar surface area (TPSA) is 77.2 Å². The van der Waals surface area contributed by atoms with E-state index < -0.39 is 5.25 Å². The van der Waals surface area contributed by atoms with Crippen molar-refractivity contribution in [3.8, 4) is 5.75 Å². The van der Waals surface area contributed by atoms with Crippen molar-refractivity contribution < 1.29 is 13.9 Å². The monoisotopic (exact) mass is 425 g/mol. The smallest absolute Gasteiger partial charge is 0.277 e. The number of thioether (sulfide) groups is 1. The Bertz CT molecular complexity index is 1020. The van der Waals surface area contributed by atoms with Crippen molar-refractivity contribution in [3.05, 3.63) is 65.0 Å². The molecule has 3 rings (SSSR count). The number of ether oxygens (including phenoxy) is 1. The Morgan fingerprint density at radius 1 is 1.13 bits per heavy atom. The third-order valence-corrected chi connectivity index (χ3v) is 5.56. The van der Waals surface area contributed by atoms with Crippen LogP contribution in [0, 0.1) is 13.8 Å². The lowest BCUT2D eigenvalue weighted by Gasteiger charge is -2.15. The van der Waals surface area contributed by atoms with Crippen LogP contribution in [-0.4, -0.2) is 21.4 Å². The minimum absolute atomic E-state index is 0.112. The third-order valence-electron chi connectivity index (χ3n) is 4.63. The number of hydrogen-bond donors (Lipinski definition) is 1. The van der Waals surface area contributed by atoms with E-state index in [1.165, 1.54) is 11.8 Å². The van der Waals surface area contributed by atoms with Crippen LogP contribution in [0.5, 0.6) is 5.75 Å². The normalized spacial score (nSPS) is 12.1. The van der Waals surface area contributed by atoms with Gasteiger partial charge in [-0.05, 0) is 55.5 Å². The summed E-state index contributed by atoms with van der Waals surface area (Å²) < 4.78 is 11.4. The molecule has 1 N–H and O–H groups in total. The molecule has 0 bridgehead atoms. The van der Waals surface area contributed by atoms with Crippen molar-refractivity contribution in [3.63, 3.8) is 0 Å². The summed E-state index contributed by atoms with van der Waals surface area (Å²) in [5.41, 5.74) is 4.10. The number of carbonyl (C=O) groups is 1. The van der Waals surface area contributed by atoms with Gasteiger partial charge >= 0.3 is 0 Å². The quantitative estimate of drug-likeness (QED) is 0.480. The molecule has 0 spiro atoms. The first-order valence-electron chi connectivity index (χ1n) is 9.92. The van der Waals surface area contributed by atoms with Gasteiger partial charge in [0.2, 0.25) is 5.91 Å². The molecule has 3 aromatic rings. The van der Waals surface area contributed by atoms with E-state index in [4.69, 9.17) is 9.15 Å². The Hall–Kier alpha value is -2.80. The summed E-state index contributed by atoms with van der Waals surface area (Å²) in [7, 11) is 0. The van der Waals surface area contributed by atoms with Gasteiger partial charge in [-0.15, -0.1) is 10.2 Å². The number of anilines is 1. The first-order chi connectivity index (χ1) is 14.3. The maximum Gasteiger partial charge on any atom is 0.277 e. The standard InChI is InChI=1S/C23H27N3O3S/c1-14(2)18-8-6-7-9-19(18)24-22(27)17(5)30-23-26-25-21(29-23)13-28-20-12-15(3)10-11-16(20)4/h6-12,14,17H,13H2,1-5H3,(H,24,27). The number of hydrogen-bond acceptors (Lipinski definition) is 6. The molecule has 0 fully saturated rings. The molecule has 1 heterocycles. The third kappa shape index (κ3) is 5.63. The van der Waals surface area contributed by atoms with Crippen LogP contribution in [0.1, 0.15) is 49.3 Å². The predicted octanol–water partition coefficient (Wildman–Crippen LogP) is 5.51. The van der Waals surface area contributed by atoms with Crippen molar-refractivity contribution in [1.29, 1.82) is 0 Å². The summed E-state index contributed by atoms with van der Waals surface area (Å²) in [5, 5.41) is 11.0. The van der Waals surface area contributed by atoms with Crippen LogP contribution in [0.4, 0.5) is 5.69 Å². The summed E-state index contributed by atoms with van der Waals surface area (Å²) in [6, 6.07) is 13.9. The second kappa shape index (κ2) is 9.80. The average Bonchev–Trinajstić information content (AvgIpc) is 3.16. The van der Waals surface area contributed by atoms with Crippen LogP contribution in [0.2, 0.25) is 0 Å². The number of para-hydroxylation sites is 1. The minimum Gasteiger partial charge on any atom is -0.484 e. The molecular weight excluding hydrogens is 398 g/mol. The number of amides is 1. The van der Waals surface area contributed by atoms with Crippen LogP contribution in [-0.2, 0) is 11.4 Å². The number of nitrogens with one attached hydrogen (secondary N) is 1. The molecule has 0 aliphatic carbocycles. The highest BCUT2D eigenvalue weighted by molar-refractivity contribution is 8.00. The number of nitrogens with zero attached hydrogens (tertiary/aromatic N) is 2. The fourth-order valence-corrected chi connectivity index (χ4v) is 3.60. The molecule has 1 amide bonds. The van der Waals surface area contributed by atoms with E-state index in [1.54, 1.807) is 0 Å². The fourth-order valence-electron chi connectivity index (χ4n) is 2.90. The second-order valence-electron chi connectivity index (χ2n) is 7.51. The summed E-state index contributed by atoms with van der Waals surface area (Å²) in [6.07, 6.45) is 0. The number of aromatic nitrogens is 2. The van der Waals surface area contributed by atoms with E-state index in [9.17, 15) is 4.79 Å². The van der Waals surface area contributed by atoms with E-state index in [0.717, 1.165) is 28.1 Å². The molecule has 0 aliphatic rings. The Kier molecular flexibility index (Phi) is 7.15. The van der Waals surface area contributed by atoms with Gasteiger partial charge in [-0.2, -0.15) is 0 Å². The number of benzene rings is 2. The van der Waals surface area contributed by atoms with Crippen LogP contribution in [0.25, 0.3) is 0 Å². The summed E-state index contributed by atoms with van der Waals surface area (Å²) in [6.45, 7) is 10.2. The molecular formula is C23H27N3O3S. The zero-order valence-corrected chi connectivity index (χ0v) is 18.7. The summed E-state index contributed by atoms with van der Waals surface area (Å²) >= 11 is 1.23. The van der Waals surface area contributed by atoms with Gasteiger partial charge in [0.25, 0.3) is 11.1 Å². The lowest BCUT2D eigenvalue weighted by Crippen LogP contribution is -2.23. The Labute approximate surface area is 181 Å². The van der Waals surface area contributed by atoms with E-state index in [2.05, 4.69) is 29.4 Å². The SMILES string of the molecule is Cc1ccc(C)c(OCc2nnc(SC(C)C(=O)Nc3ccccc3C(C)C)o2)c1. The molecule has 1 aromatic heterocycles. The van der Waals surface area contributed by atoms with Crippen LogP contribution < -0.4 is 10.1 Å². The van der Waals surface area contributed by atoms with Gasteiger partial charge in [0.05, 0.1) is 5.25 Å². The molecule has 0 aliphatic heterocycles. The number of carbonyl (C=O) groups excluding carboxylic acids is 1. The van der Waals surface area contributed by atoms with Crippen molar-refractivity contribution in [1.82, 2.24) is 10.2 Å². The molecule has 7 heteroatoms. The summed E-state index contributed by atoms with van der Waals surface area (Å²) in [5.74, 6) is 1.37. The molecule has 0 saturated carbocycles. The summed E-state index contributed by atoms with van der Waals surface area (Å²) in [4.78, 5) is 12.6. The van der Waals surface area contributed by atoms with Gasteiger partial charge in [0.1, 0.15) is 5.75 Å². The molecule has 1 unspecified atom stereocenters. The van der Waals surface area contributed by atoms with E-state index in [0.29, 0.717) is 17.0 Å². The van der Waals surface area contributed by atoms with E-state index >= 15 is 0 Å².